The lowest BCUT2D eigenvalue weighted by atomic mass is 10.1. The quantitative estimate of drug-likeness (QED) is 0.592. The highest BCUT2D eigenvalue weighted by Gasteiger charge is 2.08. The number of rotatable bonds is 4. The summed E-state index contributed by atoms with van der Waals surface area (Å²) in [6.45, 7) is 2.11. The smallest absolute Gasteiger partial charge is 0.145 e. The number of nitrogens with one attached hydrogen (secondary N) is 2. The molecule has 1 atom stereocenters. The summed E-state index contributed by atoms with van der Waals surface area (Å²) in [7, 11) is 0. The Morgan fingerprint density at radius 1 is 0.958 bits per heavy atom. The molecule has 2 aromatic heterocycles. The van der Waals surface area contributed by atoms with Crippen molar-refractivity contribution in [2.45, 2.75) is 13.0 Å². The molecule has 118 valence electrons. The minimum atomic E-state index is 0.170. The van der Waals surface area contributed by atoms with Crippen LogP contribution in [0.15, 0.2) is 67.1 Å². The Bertz CT molecular complexity index is 948. The van der Waals surface area contributed by atoms with Gasteiger partial charge in [0, 0.05) is 17.8 Å². The van der Waals surface area contributed by atoms with E-state index in [-0.39, 0.29) is 6.04 Å². The maximum absolute atomic E-state index is 4.67. The van der Waals surface area contributed by atoms with Gasteiger partial charge in [-0.2, -0.15) is 5.10 Å². The van der Waals surface area contributed by atoms with Gasteiger partial charge in [0.05, 0.1) is 23.4 Å². The number of nitrogens with zero attached hydrogens (tertiary/aromatic N) is 3. The number of hydrogen-bond acceptors (Lipinski definition) is 4. The van der Waals surface area contributed by atoms with E-state index < -0.39 is 0 Å². The first-order valence-corrected chi connectivity index (χ1v) is 7.87. The molecule has 0 aliphatic rings. The Labute approximate surface area is 139 Å². The molecule has 4 aromatic rings. The highest BCUT2D eigenvalue weighted by Crippen LogP contribution is 2.23. The molecule has 0 saturated carbocycles. The fraction of sp³-hybridized carbons (Fsp3) is 0.105. The molecule has 0 aliphatic heterocycles. The normalized spacial score (nSPS) is 12.2. The van der Waals surface area contributed by atoms with Crippen molar-refractivity contribution in [3.8, 4) is 11.1 Å². The summed E-state index contributed by atoms with van der Waals surface area (Å²) in [5, 5.41) is 10.2. The molecule has 5 heteroatoms. The van der Waals surface area contributed by atoms with Crippen LogP contribution in [0.5, 0.6) is 0 Å². The van der Waals surface area contributed by atoms with Gasteiger partial charge in [-0.1, -0.05) is 36.4 Å². The van der Waals surface area contributed by atoms with Gasteiger partial charge in [-0.05, 0) is 30.2 Å². The van der Waals surface area contributed by atoms with Crippen LogP contribution >= 0.6 is 0 Å². The molecule has 0 radical (unpaired) electrons. The molecule has 0 amide bonds. The maximum atomic E-state index is 4.67. The Morgan fingerprint density at radius 3 is 2.62 bits per heavy atom. The molecule has 0 bridgehead atoms. The van der Waals surface area contributed by atoms with Crippen LogP contribution in [0.3, 0.4) is 0 Å². The van der Waals surface area contributed by atoms with Crippen molar-refractivity contribution in [1.82, 2.24) is 20.2 Å². The van der Waals surface area contributed by atoms with Crippen molar-refractivity contribution in [2.75, 3.05) is 5.32 Å². The van der Waals surface area contributed by atoms with Crippen LogP contribution in [0, 0.1) is 0 Å². The summed E-state index contributed by atoms with van der Waals surface area (Å²) in [6.07, 6.45) is 5.44. The summed E-state index contributed by atoms with van der Waals surface area (Å²) in [5.41, 5.74) is 5.07. The number of H-pyrrole nitrogens is 1. The zero-order chi connectivity index (χ0) is 16.4. The van der Waals surface area contributed by atoms with E-state index in [4.69, 9.17) is 0 Å². The third-order valence-electron chi connectivity index (χ3n) is 4.04. The molecule has 4 rings (SSSR count). The summed E-state index contributed by atoms with van der Waals surface area (Å²) in [6, 6.07) is 16.5. The van der Waals surface area contributed by atoms with E-state index in [1.165, 1.54) is 5.56 Å². The first-order valence-electron chi connectivity index (χ1n) is 7.87. The Kier molecular flexibility index (Phi) is 3.67. The van der Waals surface area contributed by atoms with Gasteiger partial charge < -0.3 is 5.32 Å². The van der Waals surface area contributed by atoms with Gasteiger partial charge in [-0.25, -0.2) is 4.98 Å². The fourth-order valence-corrected chi connectivity index (χ4v) is 2.72. The van der Waals surface area contributed by atoms with E-state index in [1.807, 2.05) is 42.6 Å². The summed E-state index contributed by atoms with van der Waals surface area (Å²) in [5.74, 6) is 0.773. The number of anilines is 1. The van der Waals surface area contributed by atoms with Crippen molar-refractivity contribution in [3.05, 3.63) is 72.7 Å². The van der Waals surface area contributed by atoms with E-state index in [1.54, 1.807) is 12.4 Å². The van der Waals surface area contributed by atoms with Crippen LogP contribution in [0.1, 0.15) is 18.5 Å². The third-order valence-corrected chi connectivity index (χ3v) is 4.04. The van der Waals surface area contributed by atoms with E-state index >= 15 is 0 Å². The third kappa shape index (κ3) is 2.84. The van der Waals surface area contributed by atoms with Crippen LogP contribution in [-0.2, 0) is 0 Å². The lowest BCUT2D eigenvalue weighted by molar-refractivity contribution is 0.874. The second kappa shape index (κ2) is 6.12. The predicted octanol–water partition coefficient (Wildman–Crippen LogP) is 4.19. The largest absolute Gasteiger partial charge is 0.362 e. The topological polar surface area (TPSA) is 66.5 Å². The molecular formula is C19H17N5. The SMILES string of the molecule is C[C@@H](Nc1cnc2cc(-c3cn[nH]c3)ccc2n1)c1ccccc1. The fourth-order valence-electron chi connectivity index (χ4n) is 2.72. The molecule has 2 N–H and O–H groups in total. The van der Waals surface area contributed by atoms with Crippen LogP contribution in [0.25, 0.3) is 22.2 Å². The molecule has 0 aliphatic carbocycles. The molecule has 5 nitrogen and oxygen atoms in total. The molecule has 2 heterocycles. The second-order valence-electron chi connectivity index (χ2n) is 5.72. The first kappa shape index (κ1) is 14.4. The molecule has 24 heavy (non-hydrogen) atoms. The van der Waals surface area contributed by atoms with Gasteiger partial charge in [0.1, 0.15) is 5.82 Å². The second-order valence-corrected chi connectivity index (χ2v) is 5.72. The van der Waals surface area contributed by atoms with Crippen molar-refractivity contribution in [2.24, 2.45) is 0 Å². The summed E-state index contributed by atoms with van der Waals surface area (Å²) >= 11 is 0. The van der Waals surface area contributed by atoms with Crippen LogP contribution in [0.2, 0.25) is 0 Å². The molecule has 0 unspecified atom stereocenters. The molecular weight excluding hydrogens is 298 g/mol. The zero-order valence-corrected chi connectivity index (χ0v) is 13.3. The lowest BCUT2D eigenvalue weighted by Gasteiger charge is -2.15. The number of aromatic nitrogens is 4. The Morgan fingerprint density at radius 2 is 1.83 bits per heavy atom. The van der Waals surface area contributed by atoms with Gasteiger partial charge in [0.15, 0.2) is 0 Å². The molecule has 2 aromatic carbocycles. The van der Waals surface area contributed by atoms with E-state index in [9.17, 15) is 0 Å². The lowest BCUT2D eigenvalue weighted by Crippen LogP contribution is -2.08. The van der Waals surface area contributed by atoms with E-state index in [2.05, 4.69) is 44.5 Å². The summed E-state index contributed by atoms with van der Waals surface area (Å²) in [4.78, 5) is 9.21. The van der Waals surface area contributed by atoms with Gasteiger partial charge in [-0.15, -0.1) is 0 Å². The van der Waals surface area contributed by atoms with Gasteiger partial charge in [0.25, 0.3) is 0 Å². The highest BCUT2D eigenvalue weighted by atomic mass is 15.1. The number of fused-ring (bicyclic) bond motifs is 1. The van der Waals surface area contributed by atoms with E-state index in [0.717, 1.165) is 28.0 Å². The first-order chi connectivity index (χ1) is 11.8. The van der Waals surface area contributed by atoms with Crippen molar-refractivity contribution in [3.63, 3.8) is 0 Å². The highest BCUT2D eigenvalue weighted by molar-refractivity contribution is 5.81. The average Bonchev–Trinajstić information content (AvgIpc) is 3.17. The maximum Gasteiger partial charge on any atom is 0.145 e. The monoisotopic (exact) mass is 315 g/mol. The van der Waals surface area contributed by atoms with Crippen molar-refractivity contribution < 1.29 is 0 Å². The zero-order valence-electron chi connectivity index (χ0n) is 13.3. The average molecular weight is 315 g/mol. The van der Waals surface area contributed by atoms with Crippen LogP contribution in [0.4, 0.5) is 5.82 Å². The van der Waals surface area contributed by atoms with Crippen molar-refractivity contribution in [1.29, 1.82) is 0 Å². The Balaban J connectivity index is 1.61. The molecule has 0 saturated heterocycles. The standard InChI is InChI=1S/C19H17N5/c1-13(14-5-3-2-4-6-14)23-19-12-20-18-9-15(7-8-17(18)24-19)16-10-21-22-11-16/h2-13H,1H3,(H,21,22)(H,23,24)/t13-/m1/s1. The summed E-state index contributed by atoms with van der Waals surface area (Å²) < 4.78 is 0. The van der Waals surface area contributed by atoms with Crippen LogP contribution < -0.4 is 5.32 Å². The van der Waals surface area contributed by atoms with Gasteiger partial charge in [0.2, 0.25) is 0 Å². The minimum absolute atomic E-state index is 0.170. The van der Waals surface area contributed by atoms with Gasteiger partial charge >= 0.3 is 0 Å². The van der Waals surface area contributed by atoms with Crippen molar-refractivity contribution >= 4 is 16.9 Å². The molecule has 0 fully saturated rings. The molecule has 0 spiro atoms. The number of hydrogen-bond donors (Lipinski definition) is 2. The number of benzene rings is 2. The Hall–Kier alpha value is -3.21. The number of aromatic amines is 1. The van der Waals surface area contributed by atoms with E-state index in [0.29, 0.717) is 0 Å². The van der Waals surface area contributed by atoms with Crippen LogP contribution in [-0.4, -0.2) is 20.2 Å². The predicted molar refractivity (Wildman–Crippen MR) is 95.6 cm³/mol. The minimum Gasteiger partial charge on any atom is -0.362 e. The van der Waals surface area contributed by atoms with Gasteiger partial charge in [-0.3, -0.25) is 10.1 Å².